The van der Waals surface area contributed by atoms with Crippen LogP contribution in [0.1, 0.15) is 49.3 Å². The van der Waals surface area contributed by atoms with Gasteiger partial charge >= 0.3 is 0 Å². The third-order valence-electron chi connectivity index (χ3n) is 5.73. The van der Waals surface area contributed by atoms with Gasteiger partial charge in [-0.25, -0.2) is 8.42 Å². The van der Waals surface area contributed by atoms with Crippen LogP contribution in [0.5, 0.6) is 0 Å². The Labute approximate surface area is 171 Å². The van der Waals surface area contributed by atoms with Crippen molar-refractivity contribution in [2.24, 2.45) is 0 Å². The van der Waals surface area contributed by atoms with Crippen LogP contribution in [0.25, 0.3) is 0 Å². The molecule has 150 valence electrons. The summed E-state index contributed by atoms with van der Waals surface area (Å²) in [4.78, 5) is 15.1. The summed E-state index contributed by atoms with van der Waals surface area (Å²) in [5.74, 6) is 0.111. The average molecular weight is 419 g/mol. The molecule has 0 radical (unpaired) electrons. The predicted molar refractivity (Wildman–Crippen MR) is 111 cm³/mol. The molecule has 2 aliphatic heterocycles. The van der Waals surface area contributed by atoms with Crippen LogP contribution in [-0.4, -0.2) is 43.2 Å². The first-order chi connectivity index (χ1) is 13.6. The standard InChI is InChI=1S/C21H26N2O3S2/c24-21(23-13-4-5-20(23)18-10-14-27-16-18)15-17-6-8-19(9-7-17)28(25,26)22-11-2-1-3-12-22/h6-10,14,16,20H,1-5,11-13,15H2/t20-/m1/s1. The Morgan fingerprint density at radius 3 is 2.43 bits per heavy atom. The molecule has 2 saturated heterocycles. The highest BCUT2D eigenvalue weighted by atomic mass is 32.2. The van der Waals surface area contributed by atoms with Crippen molar-refractivity contribution in [1.82, 2.24) is 9.21 Å². The van der Waals surface area contributed by atoms with Gasteiger partial charge in [-0.2, -0.15) is 15.6 Å². The molecule has 0 bridgehead atoms. The number of carbonyl (C=O) groups is 1. The second-order valence-electron chi connectivity index (χ2n) is 7.59. The molecular formula is C21H26N2O3S2. The molecule has 4 rings (SSSR count). The third kappa shape index (κ3) is 4.02. The number of benzene rings is 1. The first-order valence-electron chi connectivity index (χ1n) is 9.96. The van der Waals surface area contributed by atoms with E-state index in [1.165, 1.54) is 5.56 Å². The lowest BCUT2D eigenvalue weighted by molar-refractivity contribution is -0.131. The van der Waals surface area contributed by atoms with E-state index >= 15 is 0 Å². The quantitative estimate of drug-likeness (QED) is 0.742. The number of likely N-dealkylation sites (tertiary alicyclic amines) is 1. The second kappa shape index (κ2) is 8.35. The number of thiophene rings is 1. The van der Waals surface area contributed by atoms with Gasteiger partial charge in [-0.1, -0.05) is 18.6 Å². The number of sulfonamides is 1. The van der Waals surface area contributed by atoms with E-state index < -0.39 is 10.0 Å². The molecule has 2 aromatic rings. The van der Waals surface area contributed by atoms with Gasteiger partial charge < -0.3 is 4.90 Å². The minimum atomic E-state index is -3.42. The number of amides is 1. The molecule has 1 aromatic heterocycles. The minimum absolute atomic E-state index is 0.111. The van der Waals surface area contributed by atoms with E-state index in [2.05, 4.69) is 16.8 Å². The van der Waals surface area contributed by atoms with Gasteiger partial charge in [0.05, 0.1) is 17.4 Å². The second-order valence-corrected chi connectivity index (χ2v) is 10.3. The van der Waals surface area contributed by atoms with Crippen molar-refractivity contribution < 1.29 is 13.2 Å². The highest BCUT2D eigenvalue weighted by Crippen LogP contribution is 2.33. The molecule has 3 heterocycles. The van der Waals surface area contributed by atoms with E-state index in [9.17, 15) is 13.2 Å². The number of rotatable bonds is 5. The van der Waals surface area contributed by atoms with Crippen molar-refractivity contribution in [2.75, 3.05) is 19.6 Å². The molecule has 0 saturated carbocycles. The molecular weight excluding hydrogens is 392 g/mol. The molecule has 1 aromatic carbocycles. The zero-order chi connectivity index (χ0) is 19.6. The third-order valence-corrected chi connectivity index (χ3v) is 8.35. The summed E-state index contributed by atoms with van der Waals surface area (Å²) >= 11 is 1.66. The molecule has 0 N–H and O–H groups in total. The van der Waals surface area contributed by atoms with Crippen molar-refractivity contribution in [3.8, 4) is 0 Å². The highest BCUT2D eigenvalue weighted by molar-refractivity contribution is 7.89. The molecule has 2 fully saturated rings. The van der Waals surface area contributed by atoms with Crippen LogP contribution in [0.3, 0.4) is 0 Å². The smallest absolute Gasteiger partial charge is 0.243 e. The summed E-state index contributed by atoms with van der Waals surface area (Å²) in [5, 5.41) is 4.17. The molecule has 7 heteroatoms. The monoisotopic (exact) mass is 418 g/mol. The molecule has 0 unspecified atom stereocenters. The van der Waals surface area contributed by atoms with Crippen LogP contribution in [0.4, 0.5) is 0 Å². The topological polar surface area (TPSA) is 57.7 Å². The van der Waals surface area contributed by atoms with E-state index in [1.807, 2.05) is 4.90 Å². The van der Waals surface area contributed by atoms with Crippen LogP contribution in [-0.2, 0) is 21.2 Å². The van der Waals surface area contributed by atoms with E-state index in [0.29, 0.717) is 24.4 Å². The van der Waals surface area contributed by atoms with Gasteiger partial charge in [-0.05, 0) is 65.8 Å². The summed E-state index contributed by atoms with van der Waals surface area (Å²) in [5.41, 5.74) is 2.08. The molecule has 1 amide bonds. The molecule has 0 spiro atoms. The van der Waals surface area contributed by atoms with Crippen LogP contribution < -0.4 is 0 Å². The maximum Gasteiger partial charge on any atom is 0.243 e. The van der Waals surface area contributed by atoms with Crippen molar-refractivity contribution in [2.45, 2.75) is 49.5 Å². The lowest BCUT2D eigenvalue weighted by atomic mass is 10.1. The van der Waals surface area contributed by atoms with Crippen molar-refractivity contribution >= 4 is 27.3 Å². The van der Waals surface area contributed by atoms with E-state index in [0.717, 1.165) is 44.2 Å². The molecule has 2 aliphatic rings. The Morgan fingerprint density at radius 2 is 1.75 bits per heavy atom. The fourth-order valence-electron chi connectivity index (χ4n) is 4.19. The van der Waals surface area contributed by atoms with Crippen LogP contribution >= 0.6 is 11.3 Å². The fourth-order valence-corrected chi connectivity index (χ4v) is 6.41. The summed E-state index contributed by atoms with van der Waals surface area (Å²) in [6.07, 6.45) is 5.29. The summed E-state index contributed by atoms with van der Waals surface area (Å²) in [7, 11) is -3.42. The lowest BCUT2D eigenvalue weighted by Crippen LogP contribution is -2.35. The van der Waals surface area contributed by atoms with Crippen molar-refractivity contribution in [1.29, 1.82) is 0 Å². The minimum Gasteiger partial charge on any atom is -0.335 e. The van der Waals surface area contributed by atoms with Gasteiger partial charge in [0.15, 0.2) is 0 Å². The maximum absolute atomic E-state index is 12.9. The average Bonchev–Trinajstić information content (AvgIpc) is 3.40. The SMILES string of the molecule is O=C(Cc1ccc(S(=O)(=O)N2CCCCC2)cc1)N1CCC[C@@H]1c1ccsc1. The fraction of sp³-hybridized carbons (Fsp3) is 0.476. The number of carbonyl (C=O) groups excluding carboxylic acids is 1. The number of hydrogen-bond donors (Lipinski definition) is 0. The Bertz CT molecular complexity index is 902. The lowest BCUT2D eigenvalue weighted by Gasteiger charge is -2.26. The van der Waals surface area contributed by atoms with Crippen LogP contribution in [0, 0.1) is 0 Å². The van der Waals surface area contributed by atoms with E-state index in [1.54, 1.807) is 39.9 Å². The maximum atomic E-state index is 12.9. The van der Waals surface area contributed by atoms with Crippen molar-refractivity contribution in [3.05, 3.63) is 52.2 Å². The van der Waals surface area contributed by atoms with Crippen LogP contribution in [0.2, 0.25) is 0 Å². The normalized spacial score (nSPS) is 21.1. The summed E-state index contributed by atoms with van der Waals surface area (Å²) in [6, 6.07) is 9.13. The number of hydrogen-bond acceptors (Lipinski definition) is 4. The van der Waals surface area contributed by atoms with Gasteiger partial charge in [-0.3, -0.25) is 4.79 Å². The largest absolute Gasteiger partial charge is 0.335 e. The summed E-state index contributed by atoms with van der Waals surface area (Å²) in [6.45, 7) is 1.99. The first kappa shape index (κ1) is 19.6. The molecule has 28 heavy (non-hydrogen) atoms. The van der Waals surface area contributed by atoms with Gasteiger partial charge in [0.25, 0.3) is 0 Å². The van der Waals surface area contributed by atoms with Gasteiger partial charge in [0.1, 0.15) is 0 Å². The number of nitrogens with zero attached hydrogens (tertiary/aromatic N) is 2. The van der Waals surface area contributed by atoms with Gasteiger partial charge in [-0.15, -0.1) is 0 Å². The van der Waals surface area contributed by atoms with Crippen LogP contribution in [0.15, 0.2) is 46.0 Å². The van der Waals surface area contributed by atoms with E-state index in [-0.39, 0.29) is 11.9 Å². The Balaban J connectivity index is 1.43. The van der Waals surface area contributed by atoms with E-state index in [4.69, 9.17) is 0 Å². The Hall–Kier alpha value is -1.70. The molecule has 5 nitrogen and oxygen atoms in total. The molecule has 0 aliphatic carbocycles. The van der Waals surface area contributed by atoms with Gasteiger partial charge in [0, 0.05) is 19.6 Å². The predicted octanol–water partition coefficient (Wildman–Crippen LogP) is 3.83. The Kier molecular flexibility index (Phi) is 5.85. The summed E-state index contributed by atoms with van der Waals surface area (Å²) < 4.78 is 27.1. The van der Waals surface area contributed by atoms with Crippen molar-refractivity contribution in [3.63, 3.8) is 0 Å². The number of piperidine rings is 1. The van der Waals surface area contributed by atoms with Gasteiger partial charge in [0.2, 0.25) is 15.9 Å². The zero-order valence-electron chi connectivity index (χ0n) is 15.9. The Morgan fingerprint density at radius 1 is 1.00 bits per heavy atom. The zero-order valence-corrected chi connectivity index (χ0v) is 17.6. The first-order valence-corrected chi connectivity index (χ1v) is 12.3. The highest BCUT2D eigenvalue weighted by Gasteiger charge is 2.30. The molecule has 1 atom stereocenters.